The number of hydrogen-bond donors (Lipinski definition) is 1. The van der Waals surface area contributed by atoms with Crippen LogP contribution in [0.1, 0.15) is 37.6 Å². The molecule has 1 atom stereocenters. The molecular formula is C14H21BrN2O. The lowest BCUT2D eigenvalue weighted by Gasteiger charge is -2.27. The summed E-state index contributed by atoms with van der Waals surface area (Å²) >= 11 is 3.38. The zero-order valence-corrected chi connectivity index (χ0v) is 13.0. The maximum Gasteiger partial charge on any atom is 0.255 e. The van der Waals surface area contributed by atoms with Crippen LogP contribution in [0.15, 0.2) is 22.7 Å². The van der Waals surface area contributed by atoms with Crippen LogP contribution in [0.3, 0.4) is 0 Å². The molecule has 1 aromatic carbocycles. The second kappa shape index (κ2) is 6.23. The van der Waals surface area contributed by atoms with Crippen LogP contribution < -0.4 is 5.73 Å². The number of benzene rings is 1. The number of amides is 1. The maximum absolute atomic E-state index is 12.4. The van der Waals surface area contributed by atoms with Gasteiger partial charge in [-0.2, -0.15) is 0 Å². The first-order valence-corrected chi connectivity index (χ1v) is 6.95. The predicted molar refractivity (Wildman–Crippen MR) is 79.6 cm³/mol. The lowest BCUT2D eigenvalue weighted by Crippen LogP contribution is -2.36. The van der Waals surface area contributed by atoms with Crippen LogP contribution in [-0.2, 0) is 0 Å². The van der Waals surface area contributed by atoms with E-state index >= 15 is 0 Å². The predicted octanol–water partition coefficient (Wildman–Crippen LogP) is 3.54. The van der Waals surface area contributed by atoms with Gasteiger partial charge in [0.25, 0.3) is 5.91 Å². The number of hydrogen-bond acceptors (Lipinski definition) is 2. The molecule has 2 N–H and O–H groups in total. The van der Waals surface area contributed by atoms with Gasteiger partial charge in [0, 0.05) is 18.8 Å². The van der Waals surface area contributed by atoms with Crippen LogP contribution in [0.25, 0.3) is 0 Å². The Kier molecular flexibility index (Phi) is 5.20. The molecule has 0 radical (unpaired) electrons. The Morgan fingerprint density at radius 3 is 2.56 bits per heavy atom. The van der Waals surface area contributed by atoms with Crippen LogP contribution >= 0.6 is 15.9 Å². The van der Waals surface area contributed by atoms with Gasteiger partial charge in [-0.3, -0.25) is 4.79 Å². The zero-order valence-electron chi connectivity index (χ0n) is 11.4. The molecule has 0 heterocycles. The van der Waals surface area contributed by atoms with Crippen molar-refractivity contribution >= 4 is 27.5 Å². The minimum Gasteiger partial charge on any atom is -0.398 e. The van der Waals surface area contributed by atoms with E-state index in [4.69, 9.17) is 5.73 Å². The second-order valence-electron chi connectivity index (χ2n) is 5.10. The molecule has 0 spiro atoms. The molecule has 0 saturated heterocycles. The van der Waals surface area contributed by atoms with Crippen molar-refractivity contribution in [3.05, 3.63) is 28.2 Å². The first-order valence-electron chi connectivity index (χ1n) is 6.15. The molecule has 3 nitrogen and oxygen atoms in total. The fourth-order valence-electron chi connectivity index (χ4n) is 1.95. The van der Waals surface area contributed by atoms with Crippen molar-refractivity contribution in [1.82, 2.24) is 4.90 Å². The summed E-state index contributed by atoms with van der Waals surface area (Å²) in [7, 11) is 1.84. The summed E-state index contributed by atoms with van der Waals surface area (Å²) in [6, 6.07) is 5.58. The van der Waals surface area contributed by atoms with E-state index in [9.17, 15) is 4.79 Å². The summed E-state index contributed by atoms with van der Waals surface area (Å²) in [6.45, 7) is 6.38. The van der Waals surface area contributed by atoms with Crippen LogP contribution in [0, 0.1) is 5.92 Å². The molecule has 0 aliphatic rings. The summed E-state index contributed by atoms with van der Waals surface area (Å²) in [5.41, 5.74) is 7.01. The highest BCUT2D eigenvalue weighted by molar-refractivity contribution is 9.10. The standard InChI is InChI=1S/C14H21BrN2O/c1-9(2)8-10(3)17(4)14(18)11-6-5-7-12(16)13(11)15/h5-7,9-10H,8,16H2,1-4H3. The van der Waals surface area contributed by atoms with E-state index < -0.39 is 0 Å². The van der Waals surface area contributed by atoms with E-state index in [2.05, 4.69) is 36.7 Å². The average Bonchev–Trinajstić information content (AvgIpc) is 2.30. The van der Waals surface area contributed by atoms with Crippen LogP contribution in [-0.4, -0.2) is 23.9 Å². The van der Waals surface area contributed by atoms with Gasteiger partial charge in [0.15, 0.2) is 0 Å². The van der Waals surface area contributed by atoms with Crippen molar-refractivity contribution in [2.24, 2.45) is 5.92 Å². The molecule has 100 valence electrons. The van der Waals surface area contributed by atoms with Crippen molar-refractivity contribution in [1.29, 1.82) is 0 Å². The Balaban J connectivity index is 2.90. The van der Waals surface area contributed by atoms with Gasteiger partial charge in [-0.05, 0) is 47.3 Å². The third kappa shape index (κ3) is 3.48. The number of carbonyl (C=O) groups is 1. The molecule has 0 bridgehead atoms. The Morgan fingerprint density at radius 2 is 2.00 bits per heavy atom. The molecule has 1 amide bonds. The Morgan fingerprint density at radius 1 is 1.39 bits per heavy atom. The normalized spacial score (nSPS) is 12.6. The van der Waals surface area contributed by atoms with E-state index in [1.54, 1.807) is 23.1 Å². The number of anilines is 1. The second-order valence-corrected chi connectivity index (χ2v) is 5.90. The van der Waals surface area contributed by atoms with Gasteiger partial charge in [-0.15, -0.1) is 0 Å². The van der Waals surface area contributed by atoms with E-state index in [-0.39, 0.29) is 11.9 Å². The molecule has 0 aliphatic heterocycles. The minimum atomic E-state index is 0.00215. The number of rotatable bonds is 4. The third-order valence-corrected chi connectivity index (χ3v) is 3.94. The quantitative estimate of drug-likeness (QED) is 0.864. The van der Waals surface area contributed by atoms with Crippen LogP contribution in [0.2, 0.25) is 0 Å². The van der Waals surface area contributed by atoms with E-state index in [0.717, 1.165) is 6.42 Å². The molecule has 1 aromatic rings. The van der Waals surface area contributed by atoms with Crippen molar-refractivity contribution in [3.63, 3.8) is 0 Å². The van der Waals surface area contributed by atoms with Gasteiger partial charge >= 0.3 is 0 Å². The fraction of sp³-hybridized carbons (Fsp3) is 0.500. The zero-order chi connectivity index (χ0) is 13.9. The minimum absolute atomic E-state index is 0.00215. The van der Waals surface area contributed by atoms with Crippen molar-refractivity contribution < 1.29 is 4.79 Å². The number of halogens is 1. The summed E-state index contributed by atoms with van der Waals surface area (Å²) in [5.74, 6) is 0.571. The molecule has 0 aromatic heterocycles. The lowest BCUT2D eigenvalue weighted by molar-refractivity contribution is 0.0727. The SMILES string of the molecule is CC(C)CC(C)N(C)C(=O)c1cccc(N)c1Br. The molecule has 0 aliphatic carbocycles. The Bertz CT molecular complexity index is 432. The highest BCUT2D eigenvalue weighted by Gasteiger charge is 2.20. The number of nitrogens with two attached hydrogens (primary N) is 1. The average molecular weight is 313 g/mol. The van der Waals surface area contributed by atoms with E-state index in [1.807, 2.05) is 7.05 Å². The summed E-state index contributed by atoms with van der Waals surface area (Å²) in [6.07, 6.45) is 0.988. The fourth-order valence-corrected chi connectivity index (χ4v) is 2.38. The third-order valence-electron chi connectivity index (χ3n) is 3.05. The summed E-state index contributed by atoms with van der Waals surface area (Å²) in [5, 5.41) is 0. The first kappa shape index (κ1) is 15.0. The molecule has 4 heteroatoms. The molecule has 1 unspecified atom stereocenters. The van der Waals surface area contributed by atoms with Gasteiger partial charge in [-0.25, -0.2) is 0 Å². The smallest absolute Gasteiger partial charge is 0.255 e. The molecular weight excluding hydrogens is 292 g/mol. The topological polar surface area (TPSA) is 46.3 Å². The summed E-state index contributed by atoms with van der Waals surface area (Å²) in [4.78, 5) is 14.2. The van der Waals surface area contributed by atoms with Gasteiger partial charge in [0.1, 0.15) is 0 Å². The van der Waals surface area contributed by atoms with Gasteiger partial charge in [0.05, 0.1) is 10.0 Å². The molecule has 1 rings (SSSR count). The maximum atomic E-state index is 12.4. The first-order chi connectivity index (χ1) is 8.34. The molecule has 0 fully saturated rings. The lowest BCUT2D eigenvalue weighted by atomic mass is 10.0. The largest absolute Gasteiger partial charge is 0.398 e. The van der Waals surface area contributed by atoms with Gasteiger partial charge in [0.2, 0.25) is 0 Å². The van der Waals surface area contributed by atoms with Crippen LogP contribution in [0.5, 0.6) is 0 Å². The summed E-state index contributed by atoms with van der Waals surface area (Å²) < 4.78 is 0.679. The molecule has 18 heavy (non-hydrogen) atoms. The van der Waals surface area contributed by atoms with Crippen molar-refractivity contribution in [3.8, 4) is 0 Å². The van der Waals surface area contributed by atoms with Crippen LogP contribution in [0.4, 0.5) is 5.69 Å². The Labute approximate surface area is 117 Å². The van der Waals surface area contributed by atoms with Crippen molar-refractivity contribution in [2.45, 2.75) is 33.2 Å². The number of nitrogen functional groups attached to an aromatic ring is 1. The molecule has 0 saturated carbocycles. The highest BCUT2D eigenvalue weighted by Crippen LogP contribution is 2.25. The monoisotopic (exact) mass is 312 g/mol. The van der Waals surface area contributed by atoms with Crippen molar-refractivity contribution in [2.75, 3.05) is 12.8 Å². The Hall–Kier alpha value is -1.03. The highest BCUT2D eigenvalue weighted by atomic mass is 79.9. The number of nitrogens with zero attached hydrogens (tertiary/aromatic N) is 1. The van der Waals surface area contributed by atoms with E-state index in [1.165, 1.54) is 0 Å². The van der Waals surface area contributed by atoms with E-state index in [0.29, 0.717) is 21.6 Å². The van der Waals surface area contributed by atoms with Gasteiger partial charge in [-0.1, -0.05) is 19.9 Å². The van der Waals surface area contributed by atoms with Gasteiger partial charge < -0.3 is 10.6 Å². The number of carbonyl (C=O) groups excluding carboxylic acids is 1.